The molecule has 17 heavy (non-hydrogen) atoms. The van der Waals surface area contributed by atoms with Crippen molar-refractivity contribution in [1.82, 2.24) is 9.88 Å². The first kappa shape index (κ1) is 14.0. The van der Waals surface area contributed by atoms with Crippen LogP contribution < -0.4 is 10.9 Å². The third-order valence-corrected chi connectivity index (χ3v) is 2.85. The molecule has 0 saturated heterocycles. The number of nitrogens with one attached hydrogen (secondary N) is 1. The highest BCUT2D eigenvalue weighted by molar-refractivity contribution is 5.22. The van der Waals surface area contributed by atoms with Gasteiger partial charge in [0.2, 0.25) is 0 Å². The molecule has 0 atom stereocenters. The fraction of sp³-hybridized carbons (Fsp3) is 0.643. The van der Waals surface area contributed by atoms with Crippen LogP contribution in [0, 0.1) is 0 Å². The first-order valence-corrected chi connectivity index (χ1v) is 6.18. The van der Waals surface area contributed by atoms with Gasteiger partial charge in [0.15, 0.2) is 0 Å². The van der Waals surface area contributed by atoms with Crippen LogP contribution in [0.15, 0.2) is 16.9 Å². The summed E-state index contributed by atoms with van der Waals surface area (Å²) >= 11 is 0. The molecule has 1 aromatic heterocycles. The van der Waals surface area contributed by atoms with E-state index in [4.69, 9.17) is 0 Å². The van der Waals surface area contributed by atoms with Crippen molar-refractivity contribution in [2.24, 2.45) is 0 Å². The maximum absolute atomic E-state index is 12.4. The zero-order chi connectivity index (χ0) is 13.2. The molecule has 0 amide bonds. The van der Waals surface area contributed by atoms with E-state index >= 15 is 0 Å². The Morgan fingerprint density at radius 3 is 2.29 bits per heavy atom. The Bertz CT molecular complexity index is 439. The van der Waals surface area contributed by atoms with Crippen LogP contribution in [-0.4, -0.2) is 11.6 Å². The average molecular weight is 236 g/mol. The van der Waals surface area contributed by atoms with Crippen molar-refractivity contribution in [3.05, 3.63) is 33.7 Å². The van der Waals surface area contributed by atoms with Crippen molar-refractivity contribution in [3.8, 4) is 0 Å². The summed E-state index contributed by atoms with van der Waals surface area (Å²) in [5.74, 6) is 0. The minimum absolute atomic E-state index is 0.0123. The van der Waals surface area contributed by atoms with E-state index in [1.807, 2.05) is 17.7 Å². The van der Waals surface area contributed by atoms with Crippen molar-refractivity contribution in [3.63, 3.8) is 0 Å². The van der Waals surface area contributed by atoms with Gasteiger partial charge in [-0.25, -0.2) is 0 Å². The Morgan fingerprint density at radius 1 is 1.29 bits per heavy atom. The molecule has 3 heteroatoms. The van der Waals surface area contributed by atoms with E-state index in [2.05, 4.69) is 46.0 Å². The van der Waals surface area contributed by atoms with Gasteiger partial charge in [-0.2, -0.15) is 0 Å². The maximum atomic E-state index is 12.4. The Morgan fingerprint density at radius 2 is 1.88 bits per heavy atom. The molecule has 0 aromatic carbocycles. The van der Waals surface area contributed by atoms with E-state index in [0.29, 0.717) is 6.54 Å². The van der Waals surface area contributed by atoms with Crippen molar-refractivity contribution >= 4 is 0 Å². The minimum atomic E-state index is -0.0123. The smallest absolute Gasteiger partial charge is 0.255 e. The lowest BCUT2D eigenvalue weighted by Gasteiger charge is -2.27. The topological polar surface area (TPSA) is 34.0 Å². The van der Waals surface area contributed by atoms with Crippen LogP contribution in [-0.2, 0) is 12.0 Å². The number of hydrogen-bond donors (Lipinski definition) is 1. The molecule has 1 rings (SSSR count). The molecule has 0 bridgehead atoms. The molecule has 1 N–H and O–H groups in total. The summed E-state index contributed by atoms with van der Waals surface area (Å²) in [4.78, 5) is 12.4. The van der Waals surface area contributed by atoms with Gasteiger partial charge in [-0.05, 0) is 27.0 Å². The normalized spacial score (nSPS) is 12.2. The first-order chi connectivity index (χ1) is 7.79. The molecule has 0 aliphatic rings. The molecular weight excluding hydrogens is 212 g/mol. The van der Waals surface area contributed by atoms with Gasteiger partial charge < -0.3 is 9.88 Å². The lowest BCUT2D eigenvalue weighted by molar-refractivity contribution is 0.463. The van der Waals surface area contributed by atoms with Gasteiger partial charge in [-0.3, -0.25) is 4.79 Å². The van der Waals surface area contributed by atoms with Crippen LogP contribution in [0.25, 0.3) is 0 Å². The number of rotatable bonds is 3. The summed E-state index contributed by atoms with van der Waals surface area (Å²) in [6.07, 6.45) is 0. The number of nitrogens with zero attached hydrogens (tertiary/aromatic N) is 1. The Kier molecular flexibility index (Phi) is 4.15. The molecule has 0 saturated carbocycles. The van der Waals surface area contributed by atoms with E-state index < -0.39 is 0 Å². The number of pyridine rings is 1. The van der Waals surface area contributed by atoms with Crippen LogP contribution >= 0.6 is 0 Å². The molecule has 1 aromatic rings. The highest BCUT2D eigenvalue weighted by Gasteiger charge is 2.21. The van der Waals surface area contributed by atoms with Crippen LogP contribution in [0.3, 0.4) is 0 Å². The largest absolute Gasteiger partial charge is 0.315 e. The minimum Gasteiger partial charge on any atom is -0.315 e. The van der Waals surface area contributed by atoms with E-state index in [9.17, 15) is 4.79 Å². The third-order valence-electron chi connectivity index (χ3n) is 2.85. The fourth-order valence-corrected chi connectivity index (χ4v) is 2.04. The highest BCUT2D eigenvalue weighted by Crippen LogP contribution is 2.23. The van der Waals surface area contributed by atoms with Crippen LogP contribution in [0.4, 0.5) is 0 Å². The van der Waals surface area contributed by atoms with Gasteiger partial charge in [0.05, 0.1) is 0 Å². The van der Waals surface area contributed by atoms with Crippen molar-refractivity contribution in [2.75, 3.05) is 7.05 Å². The van der Waals surface area contributed by atoms with Crippen molar-refractivity contribution < 1.29 is 0 Å². The van der Waals surface area contributed by atoms with Gasteiger partial charge in [-0.15, -0.1) is 0 Å². The lowest BCUT2D eigenvalue weighted by Crippen LogP contribution is -2.33. The van der Waals surface area contributed by atoms with Gasteiger partial charge >= 0.3 is 0 Å². The lowest BCUT2D eigenvalue weighted by atomic mass is 9.90. The fourth-order valence-electron chi connectivity index (χ4n) is 2.04. The van der Waals surface area contributed by atoms with Gasteiger partial charge in [-0.1, -0.05) is 26.8 Å². The molecule has 0 spiro atoms. The average Bonchev–Trinajstić information content (AvgIpc) is 2.18. The second-order valence-corrected chi connectivity index (χ2v) is 5.79. The Labute approximate surface area is 104 Å². The van der Waals surface area contributed by atoms with Gasteiger partial charge in [0.25, 0.3) is 5.56 Å². The molecule has 3 nitrogen and oxygen atoms in total. The second kappa shape index (κ2) is 5.05. The maximum Gasteiger partial charge on any atom is 0.255 e. The summed E-state index contributed by atoms with van der Waals surface area (Å²) in [7, 11) is 1.86. The molecule has 0 fully saturated rings. The van der Waals surface area contributed by atoms with Gasteiger partial charge in [0, 0.05) is 29.3 Å². The summed E-state index contributed by atoms with van der Waals surface area (Å²) in [5, 5.41) is 3.04. The molecule has 96 valence electrons. The van der Waals surface area contributed by atoms with Crippen LogP contribution in [0.1, 0.15) is 51.9 Å². The molecule has 0 unspecified atom stereocenters. The Balaban J connectivity index is 3.46. The van der Waals surface area contributed by atoms with Gasteiger partial charge in [0.1, 0.15) is 0 Å². The van der Waals surface area contributed by atoms with Crippen LogP contribution in [0.5, 0.6) is 0 Å². The summed E-state index contributed by atoms with van der Waals surface area (Å²) in [6.45, 7) is 11.1. The third kappa shape index (κ3) is 2.97. The standard InChI is InChI=1S/C14H24N2O/c1-10(2)16-12(14(3,4)5)8-7-11(9-15-6)13(16)17/h7-8,10,15H,9H2,1-6H3. The van der Waals surface area contributed by atoms with E-state index in [1.165, 1.54) is 0 Å². The predicted octanol–water partition coefficient (Wildman–Crippen LogP) is 2.45. The molecule has 0 radical (unpaired) electrons. The first-order valence-electron chi connectivity index (χ1n) is 6.18. The quantitative estimate of drug-likeness (QED) is 0.874. The molecule has 0 aliphatic heterocycles. The zero-order valence-corrected chi connectivity index (χ0v) is 11.8. The van der Waals surface area contributed by atoms with Crippen LogP contribution in [0.2, 0.25) is 0 Å². The van der Waals surface area contributed by atoms with E-state index in [0.717, 1.165) is 11.3 Å². The number of hydrogen-bond acceptors (Lipinski definition) is 2. The summed E-state index contributed by atoms with van der Waals surface area (Å²) in [5.41, 5.74) is 2.04. The second-order valence-electron chi connectivity index (χ2n) is 5.79. The number of aromatic nitrogens is 1. The van der Waals surface area contributed by atoms with E-state index in [-0.39, 0.29) is 17.0 Å². The molecular formula is C14H24N2O. The molecule has 1 heterocycles. The summed E-state index contributed by atoms with van der Waals surface area (Å²) in [6, 6.07) is 4.21. The monoisotopic (exact) mass is 236 g/mol. The van der Waals surface area contributed by atoms with Crippen molar-refractivity contribution in [2.45, 2.75) is 52.6 Å². The summed E-state index contributed by atoms with van der Waals surface area (Å²) < 4.78 is 1.91. The highest BCUT2D eigenvalue weighted by atomic mass is 16.1. The SMILES string of the molecule is CNCc1ccc(C(C)(C)C)n(C(C)C)c1=O. The predicted molar refractivity (Wildman–Crippen MR) is 72.6 cm³/mol. The van der Waals surface area contributed by atoms with E-state index in [1.54, 1.807) is 0 Å². The zero-order valence-electron chi connectivity index (χ0n) is 11.8. The Hall–Kier alpha value is -1.09. The van der Waals surface area contributed by atoms with Crippen molar-refractivity contribution in [1.29, 1.82) is 0 Å². The molecule has 0 aliphatic carbocycles.